The van der Waals surface area contributed by atoms with Gasteiger partial charge < -0.3 is 20.1 Å². The van der Waals surface area contributed by atoms with Crippen LogP contribution in [0.2, 0.25) is 5.02 Å². The van der Waals surface area contributed by atoms with Crippen molar-refractivity contribution in [3.63, 3.8) is 0 Å². The van der Waals surface area contributed by atoms with Gasteiger partial charge in [0.2, 0.25) is 0 Å². The predicted octanol–water partition coefficient (Wildman–Crippen LogP) is 1.94. The maximum absolute atomic E-state index is 11.5. The molecule has 1 saturated heterocycles. The lowest BCUT2D eigenvalue weighted by atomic mass is 10.0. The number of morpholine rings is 1. The summed E-state index contributed by atoms with van der Waals surface area (Å²) in [7, 11) is 0. The third-order valence-corrected chi connectivity index (χ3v) is 4.16. The highest BCUT2D eigenvalue weighted by atomic mass is 35.5. The Hall–Kier alpha value is -1.30. The maximum atomic E-state index is 11.5. The van der Waals surface area contributed by atoms with Gasteiger partial charge in [-0.15, -0.1) is 0 Å². The third kappa shape index (κ3) is 2.06. The molecule has 0 aliphatic carbocycles. The number of anilines is 2. The largest absolute Gasteiger partial charge is 0.378 e. The number of hydrogen-bond donors (Lipinski definition) is 2. The van der Waals surface area contributed by atoms with Crippen LogP contribution < -0.4 is 10.2 Å². The molecule has 1 fully saturated rings. The molecule has 1 atom stereocenters. The van der Waals surface area contributed by atoms with Gasteiger partial charge in [-0.1, -0.05) is 11.6 Å². The molecule has 0 spiro atoms. The van der Waals surface area contributed by atoms with Crippen molar-refractivity contribution < 1.29 is 14.6 Å². The number of amides is 1. The normalized spacial score (nSPS) is 24.5. The minimum absolute atomic E-state index is 0.169. The lowest BCUT2D eigenvalue weighted by Gasteiger charge is -2.44. The quantitative estimate of drug-likeness (QED) is 0.831. The molecule has 2 aliphatic rings. The lowest BCUT2D eigenvalue weighted by Crippen LogP contribution is -2.53. The number of hydrogen-bond acceptors (Lipinski definition) is 4. The summed E-state index contributed by atoms with van der Waals surface area (Å²) < 4.78 is 5.51. The van der Waals surface area contributed by atoms with Gasteiger partial charge in [0.25, 0.3) is 5.91 Å². The number of nitrogens with one attached hydrogen (secondary N) is 1. The molecule has 1 amide bonds. The van der Waals surface area contributed by atoms with E-state index in [1.54, 1.807) is 6.07 Å². The Morgan fingerprint density at radius 3 is 2.95 bits per heavy atom. The first kappa shape index (κ1) is 13.7. The summed E-state index contributed by atoms with van der Waals surface area (Å²) in [6, 6.07) is 3.50. The maximum Gasteiger partial charge on any atom is 0.257 e. The molecule has 6 heteroatoms. The fraction of sp³-hybridized carbons (Fsp3) is 0.500. The highest BCUT2D eigenvalue weighted by Crippen LogP contribution is 2.41. The van der Waals surface area contributed by atoms with E-state index in [4.69, 9.17) is 16.3 Å². The minimum Gasteiger partial charge on any atom is -0.378 e. The Kier molecular flexibility index (Phi) is 3.16. The zero-order chi connectivity index (χ0) is 14.5. The molecule has 2 heterocycles. The van der Waals surface area contributed by atoms with E-state index in [0.29, 0.717) is 29.5 Å². The molecule has 5 nitrogen and oxygen atoms in total. The number of nitrogens with zero attached hydrogens (tertiary/aromatic N) is 1. The average Bonchev–Trinajstić information content (AvgIpc) is 2.65. The van der Waals surface area contributed by atoms with Crippen LogP contribution in [0.3, 0.4) is 0 Å². The van der Waals surface area contributed by atoms with Crippen LogP contribution in [0, 0.1) is 0 Å². The zero-order valence-electron chi connectivity index (χ0n) is 11.4. The SMILES string of the molecule is CC1(C)COCCN1c1cc2c(cc1Cl)C(O)C(=O)N2. The van der Waals surface area contributed by atoms with E-state index in [2.05, 4.69) is 24.1 Å². The van der Waals surface area contributed by atoms with Gasteiger partial charge in [-0.25, -0.2) is 0 Å². The number of halogens is 1. The van der Waals surface area contributed by atoms with Gasteiger partial charge in [0.1, 0.15) is 0 Å². The van der Waals surface area contributed by atoms with E-state index in [9.17, 15) is 9.90 Å². The molecule has 1 aromatic rings. The van der Waals surface area contributed by atoms with Crippen molar-refractivity contribution in [1.82, 2.24) is 0 Å². The smallest absolute Gasteiger partial charge is 0.257 e. The van der Waals surface area contributed by atoms with Crippen LogP contribution in [0.4, 0.5) is 11.4 Å². The van der Waals surface area contributed by atoms with E-state index in [0.717, 1.165) is 12.2 Å². The Morgan fingerprint density at radius 2 is 2.25 bits per heavy atom. The van der Waals surface area contributed by atoms with Gasteiger partial charge in [0, 0.05) is 17.8 Å². The van der Waals surface area contributed by atoms with Crippen LogP contribution >= 0.6 is 11.6 Å². The molecule has 1 aromatic carbocycles. The number of carbonyl (C=O) groups is 1. The topological polar surface area (TPSA) is 61.8 Å². The Bertz CT molecular complexity index is 574. The number of fused-ring (bicyclic) bond motifs is 1. The minimum atomic E-state index is -1.13. The Morgan fingerprint density at radius 1 is 1.50 bits per heavy atom. The highest BCUT2D eigenvalue weighted by Gasteiger charge is 2.35. The van der Waals surface area contributed by atoms with E-state index in [1.807, 2.05) is 6.07 Å². The summed E-state index contributed by atoms with van der Waals surface area (Å²) >= 11 is 6.35. The van der Waals surface area contributed by atoms with Crippen LogP contribution in [0.25, 0.3) is 0 Å². The van der Waals surface area contributed by atoms with Crippen molar-refractivity contribution in [2.75, 3.05) is 30.0 Å². The number of aliphatic hydroxyl groups is 1. The fourth-order valence-corrected chi connectivity index (χ4v) is 3.04. The van der Waals surface area contributed by atoms with Crippen LogP contribution in [0.5, 0.6) is 0 Å². The third-order valence-electron chi connectivity index (χ3n) is 3.86. The monoisotopic (exact) mass is 296 g/mol. The van der Waals surface area contributed by atoms with Crippen molar-refractivity contribution in [3.05, 3.63) is 22.7 Å². The van der Waals surface area contributed by atoms with E-state index in [-0.39, 0.29) is 5.54 Å². The van der Waals surface area contributed by atoms with E-state index in [1.165, 1.54) is 0 Å². The Balaban J connectivity index is 2.03. The van der Waals surface area contributed by atoms with Gasteiger partial charge in [-0.05, 0) is 26.0 Å². The highest BCUT2D eigenvalue weighted by molar-refractivity contribution is 6.33. The molecule has 0 bridgehead atoms. The molecule has 0 aromatic heterocycles. The van der Waals surface area contributed by atoms with Gasteiger partial charge >= 0.3 is 0 Å². The summed E-state index contributed by atoms with van der Waals surface area (Å²) in [6.07, 6.45) is -1.13. The first-order chi connectivity index (χ1) is 9.40. The number of carbonyl (C=O) groups excluding carboxylic acids is 1. The van der Waals surface area contributed by atoms with Crippen LogP contribution in [-0.2, 0) is 9.53 Å². The van der Waals surface area contributed by atoms with E-state index >= 15 is 0 Å². The van der Waals surface area contributed by atoms with E-state index < -0.39 is 12.0 Å². The molecule has 1 unspecified atom stereocenters. The molecule has 0 radical (unpaired) electrons. The lowest BCUT2D eigenvalue weighted by molar-refractivity contribution is -0.123. The summed E-state index contributed by atoms with van der Waals surface area (Å²) in [5.74, 6) is -0.408. The molecular formula is C14H17ClN2O3. The second-order valence-corrected chi connectivity index (χ2v) is 6.21. The number of benzene rings is 1. The summed E-state index contributed by atoms with van der Waals surface area (Å²) in [4.78, 5) is 13.7. The van der Waals surface area contributed by atoms with Gasteiger partial charge in [0.05, 0.1) is 29.5 Å². The van der Waals surface area contributed by atoms with Crippen LogP contribution in [0.1, 0.15) is 25.5 Å². The zero-order valence-corrected chi connectivity index (χ0v) is 12.2. The number of rotatable bonds is 1. The molecule has 20 heavy (non-hydrogen) atoms. The summed E-state index contributed by atoms with van der Waals surface area (Å²) in [6.45, 7) is 6.18. The predicted molar refractivity (Wildman–Crippen MR) is 77.3 cm³/mol. The molecular weight excluding hydrogens is 280 g/mol. The van der Waals surface area contributed by atoms with Crippen molar-refractivity contribution in [2.24, 2.45) is 0 Å². The summed E-state index contributed by atoms with van der Waals surface area (Å²) in [5, 5.41) is 13.0. The molecule has 3 rings (SSSR count). The number of ether oxygens (including phenoxy) is 1. The molecule has 2 aliphatic heterocycles. The second kappa shape index (κ2) is 4.62. The first-order valence-electron chi connectivity index (χ1n) is 6.58. The van der Waals surface area contributed by atoms with Crippen molar-refractivity contribution in [1.29, 1.82) is 0 Å². The van der Waals surface area contributed by atoms with Crippen LogP contribution in [0.15, 0.2) is 12.1 Å². The average molecular weight is 297 g/mol. The summed E-state index contributed by atoms with van der Waals surface area (Å²) in [5.41, 5.74) is 1.85. The van der Waals surface area contributed by atoms with Gasteiger partial charge in [0.15, 0.2) is 6.10 Å². The molecule has 108 valence electrons. The molecule has 0 saturated carbocycles. The van der Waals surface area contributed by atoms with Crippen molar-refractivity contribution in [2.45, 2.75) is 25.5 Å². The van der Waals surface area contributed by atoms with Gasteiger partial charge in [-0.3, -0.25) is 4.79 Å². The Labute approximate surface area is 122 Å². The number of aliphatic hydroxyl groups excluding tert-OH is 1. The standard InChI is InChI=1S/C14H17ClN2O3/c1-14(2)7-20-4-3-17(14)11-6-10-8(5-9(11)15)12(18)13(19)16-10/h5-6,12,18H,3-4,7H2,1-2H3,(H,16,19). The van der Waals surface area contributed by atoms with Crippen LogP contribution in [-0.4, -0.2) is 36.3 Å². The van der Waals surface area contributed by atoms with Gasteiger partial charge in [-0.2, -0.15) is 0 Å². The molecule has 2 N–H and O–H groups in total. The van der Waals surface area contributed by atoms with Crippen molar-refractivity contribution >= 4 is 28.9 Å². The fourth-order valence-electron chi connectivity index (χ4n) is 2.77. The van der Waals surface area contributed by atoms with Crippen molar-refractivity contribution in [3.8, 4) is 0 Å². The second-order valence-electron chi connectivity index (χ2n) is 5.80. The first-order valence-corrected chi connectivity index (χ1v) is 6.96.